The molecule has 0 unspecified atom stereocenters. The molecule has 0 aliphatic heterocycles. The SMILES string of the molecule is CCc1c(O)c(Cl)c(Cl)c(Cl)c1Cl. The molecule has 0 fully saturated rings. The summed E-state index contributed by atoms with van der Waals surface area (Å²) in [4.78, 5) is 0. The van der Waals surface area contributed by atoms with E-state index in [1.165, 1.54) is 0 Å². The van der Waals surface area contributed by atoms with Crippen LogP contribution >= 0.6 is 46.4 Å². The summed E-state index contributed by atoms with van der Waals surface area (Å²) in [7, 11) is 0. The lowest BCUT2D eigenvalue weighted by atomic mass is 10.1. The van der Waals surface area contributed by atoms with Gasteiger partial charge in [-0.25, -0.2) is 0 Å². The van der Waals surface area contributed by atoms with Gasteiger partial charge in [0, 0.05) is 5.56 Å². The first-order valence-corrected chi connectivity index (χ1v) is 5.05. The largest absolute Gasteiger partial charge is 0.506 e. The Bertz CT molecular complexity index is 319. The van der Waals surface area contributed by atoms with Crippen molar-refractivity contribution < 1.29 is 5.11 Å². The molecule has 13 heavy (non-hydrogen) atoms. The van der Waals surface area contributed by atoms with Crippen molar-refractivity contribution in [3.63, 3.8) is 0 Å². The third-order valence-electron chi connectivity index (χ3n) is 1.69. The van der Waals surface area contributed by atoms with Gasteiger partial charge in [-0.3, -0.25) is 0 Å². The molecule has 0 amide bonds. The Labute approximate surface area is 96.2 Å². The number of phenolic OH excluding ortho intramolecular Hbond substituents is 1. The highest BCUT2D eigenvalue weighted by Crippen LogP contribution is 2.45. The average Bonchev–Trinajstić information content (AvgIpc) is 2.13. The minimum absolute atomic E-state index is 0.0490. The zero-order valence-corrected chi connectivity index (χ0v) is 9.69. The maximum absolute atomic E-state index is 9.52. The monoisotopic (exact) mass is 258 g/mol. The predicted molar refractivity (Wildman–Crippen MR) is 57.5 cm³/mol. The fraction of sp³-hybridized carbons (Fsp3) is 0.250. The van der Waals surface area contributed by atoms with Crippen molar-refractivity contribution in [1.29, 1.82) is 0 Å². The predicted octanol–water partition coefficient (Wildman–Crippen LogP) is 4.57. The van der Waals surface area contributed by atoms with E-state index in [9.17, 15) is 5.11 Å². The third kappa shape index (κ3) is 1.84. The van der Waals surface area contributed by atoms with Gasteiger partial charge in [0.05, 0.1) is 15.1 Å². The van der Waals surface area contributed by atoms with Crippen LogP contribution in [0.25, 0.3) is 0 Å². The smallest absolute Gasteiger partial charge is 0.140 e. The van der Waals surface area contributed by atoms with Crippen molar-refractivity contribution in [1.82, 2.24) is 0 Å². The molecule has 0 aliphatic carbocycles. The van der Waals surface area contributed by atoms with Crippen LogP contribution in [0.1, 0.15) is 12.5 Å². The number of hydrogen-bond acceptors (Lipinski definition) is 1. The Morgan fingerprint density at radius 2 is 1.38 bits per heavy atom. The van der Waals surface area contributed by atoms with E-state index in [1.54, 1.807) is 0 Å². The van der Waals surface area contributed by atoms with Gasteiger partial charge in [0.25, 0.3) is 0 Å². The van der Waals surface area contributed by atoms with Crippen LogP contribution in [0, 0.1) is 0 Å². The summed E-state index contributed by atoms with van der Waals surface area (Å²) in [6.45, 7) is 1.83. The molecule has 1 aromatic carbocycles. The van der Waals surface area contributed by atoms with E-state index in [0.717, 1.165) is 0 Å². The van der Waals surface area contributed by atoms with Crippen LogP contribution in [0.5, 0.6) is 5.75 Å². The van der Waals surface area contributed by atoms with Crippen LogP contribution in [-0.2, 0) is 6.42 Å². The molecule has 0 atom stereocenters. The van der Waals surface area contributed by atoms with Crippen molar-refractivity contribution in [2.24, 2.45) is 0 Å². The van der Waals surface area contributed by atoms with Gasteiger partial charge in [0.2, 0.25) is 0 Å². The zero-order valence-electron chi connectivity index (χ0n) is 6.67. The second-order valence-corrected chi connectivity index (χ2v) is 3.95. The van der Waals surface area contributed by atoms with Crippen molar-refractivity contribution in [2.75, 3.05) is 0 Å². The van der Waals surface area contributed by atoms with Gasteiger partial charge in [-0.2, -0.15) is 0 Å². The van der Waals surface area contributed by atoms with Crippen molar-refractivity contribution in [2.45, 2.75) is 13.3 Å². The summed E-state index contributed by atoms with van der Waals surface area (Å²) in [6.07, 6.45) is 0.543. The molecule has 0 bridgehead atoms. The summed E-state index contributed by atoms with van der Waals surface area (Å²) in [5, 5.41) is 10.1. The van der Waals surface area contributed by atoms with Crippen LogP contribution in [0.3, 0.4) is 0 Å². The molecule has 0 aliphatic rings. The Morgan fingerprint density at radius 1 is 0.923 bits per heavy atom. The number of benzene rings is 1. The van der Waals surface area contributed by atoms with Gasteiger partial charge in [0.15, 0.2) is 0 Å². The van der Waals surface area contributed by atoms with Crippen LogP contribution in [0.2, 0.25) is 20.1 Å². The van der Waals surface area contributed by atoms with Crippen LogP contribution in [0.15, 0.2) is 0 Å². The van der Waals surface area contributed by atoms with Gasteiger partial charge in [-0.15, -0.1) is 0 Å². The molecule has 0 saturated heterocycles. The third-order valence-corrected chi connectivity index (χ3v) is 3.52. The van der Waals surface area contributed by atoms with Crippen LogP contribution in [0.4, 0.5) is 0 Å². The lowest BCUT2D eigenvalue weighted by Gasteiger charge is -2.10. The van der Waals surface area contributed by atoms with E-state index >= 15 is 0 Å². The lowest BCUT2D eigenvalue weighted by molar-refractivity contribution is 0.469. The fourth-order valence-electron chi connectivity index (χ4n) is 0.988. The second kappa shape index (κ2) is 4.14. The molecule has 0 spiro atoms. The lowest BCUT2D eigenvalue weighted by Crippen LogP contribution is -1.87. The molecule has 5 heteroatoms. The van der Waals surface area contributed by atoms with E-state index in [0.29, 0.717) is 12.0 Å². The first kappa shape index (κ1) is 11.3. The standard InChI is InChI=1S/C8H6Cl4O/c1-2-3-4(9)5(10)6(11)7(12)8(3)13/h13H,2H2,1H3. The highest BCUT2D eigenvalue weighted by atomic mass is 35.5. The van der Waals surface area contributed by atoms with Crippen LogP contribution < -0.4 is 0 Å². The molecule has 1 rings (SSSR count). The molecule has 0 aromatic heterocycles. The zero-order chi connectivity index (χ0) is 10.2. The summed E-state index contributed by atoms with van der Waals surface area (Å²) in [5.41, 5.74) is 0.515. The van der Waals surface area contributed by atoms with Crippen molar-refractivity contribution >= 4 is 46.4 Å². The van der Waals surface area contributed by atoms with E-state index < -0.39 is 0 Å². The molecule has 0 saturated carbocycles. The summed E-state index contributed by atoms with van der Waals surface area (Å²) in [5.74, 6) is -0.0939. The number of aromatic hydroxyl groups is 1. The fourth-order valence-corrected chi connectivity index (χ4v) is 2.00. The Kier molecular flexibility index (Phi) is 3.58. The molecule has 1 N–H and O–H groups in total. The van der Waals surface area contributed by atoms with E-state index in [1.807, 2.05) is 6.92 Å². The van der Waals surface area contributed by atoms with Gasteiger partial charge < -0.3 is 5.11 Å². The maximum Gasteiger partial charge on any atom is 0.140 e. The quantitative estimate of drug-likeness (QED) is 0.579. The van der Waals surface area contributed by atoms with Gasteiger partial charge >= 0.3 is 0 Å². The molecule has 72 valence electrons. The summed E-state index contributed by atoms with van der Waals surface area (Å²) >= 11 is 23.0. The van der Waals surface area contributed by atoms with E-state index in [-0.39, 0.29) is 25.8 Å². The Hall–Kier alpha value is 0.180. The van der Waals surface area contributed by atoms with E-state index in [2.05, 4.69) is 0 Å². The number of hydrogen-bond donors (Lipinski definition) is 1. The Morgan fingerprint density at radius 3 is 1.85 bits per heavy atom. The first-order chi connectivity index (χ1) is 6.00. The summed E-state index contributed by atoms with van der Waals surface area (Å²) in [6, 6.07) is 0. The minimum atomic E-state index is -0.0939. The molecule has 0 radical (unpaired) electrons. The minimum Gasteiger partial charge on any atom is -0.506 e. The van der Waals surface area contributed by atoms with Crippen LogP contribution in [-0.4, -0.2) is 5.11 Å². The van der Waals surface area contributed by atoms with E-state index in [4.69, 9.17) is 46.4 Å². The second-order valence-electron chi connectivity index (χ2n) is 2.44. The van der Waals surface area contributed by atoms with Crippen molar-refractivity contribution in [3.8, 4) is 5.75 Å². The number of halogens is 4. The first-order valence-electron chi connectivity index (χ1n) is 3.54. The number of phenols is 1. The molecular formula is C8H6Cl4O. The van der Waals surface area contributed by atoms with Gasteiger partial charge in [-0.05, 0) is 6.42 Å². The highest BCUT2D eigenvalue weighted by molar-refractivity contribution is 6.52. The Balaban J connectivity index is 3.56. The number of rotatable bonds is 1. The van der Waals surface area contributed by atoms with Crippen molar-refractivity contribution in [3.05, 3.63) is 25.7 Å². The highest BCUT2D eigenvalue weighted by Gasteiger charge is 2.18. The van der Waals surface area contributed by atoms with Gasteiger partial charge in [0.1, 0.15) is 10.8 Å². The normalized spacial score (nSPS) is 10.5. The average molecular weight is 260 g/mol. The summed E-state index contributed by atoms with van der Waals surface area (Å²) < 4.78 is 0. The maximum atomic E-state index is 9.52. The molecule has 1 nitrogen and oxygen atoms in total. The molecular weight excluding hydrogens is 254 g/mol. The molecule has 0 heterocycles. The van der Waals surface area contributed by atoms with Gasteiger partial charge in [-0.1, -0.05) is 53.3 Å². The topological polar surface area (TPSA) is 20.2 Å². The molecule has 1 aromatic rings.